The van der Waals surface area contributed by atoms with Crippen molar-refractivity contribution in [2.24, 2.45) is 0 Å². The van der Waals surface area contributed by atoms with Crippen molar-refractivity contribution in [3.63, 3.8) is 0 Å². The molecule has 0 heterocycles. The van der Waals surface area contributed by atoms with Crippen molar-refractivity contribution in [3.8, 4) is 0 Å². The summed E-state index contributed by atoms with van der Waals surface area (Å²) in [6.07, 6.45) is 6.28. The molecule has 0 bridgehead atoms. The van der Waals surface area contributed by atoms with Gasteiger partial charge in [-0.2, -0.15) is 0 Å². The molecule has 0 atom stereocenters. The topological polar surface area (TPSA) is 46.3 Å². The zero-order chi connectivity index (χ0) is 13.4. The maximum atomic E-state index is 12.1. The van der Waals surface area contributed by atoms with Crippen LogP contribution in [0.5, 0.6) is 0 Å². The number of hydrogen-bond donors (Lipinski definition) is 1. The van der Waals surface area contributed by atoms with Gasteiger partial charge in [-0.3, -0.25) is 4.79 Å². The molecule has 0 radical (unpaired) electrons. The molecule has 0 saturated heterocycles. The van der Waals surface area contributed by atoms with Crippen molar-refractivity contribution in [1.82, 2.24) is 4.90 Å². The first-order valence-corrected chi connectivity index (χ1v) is 6.37. The van der Waals surface area contributed by atoms with Crippen molar-refractivity contribution in [1.29, 1.82) is 0 Å². The smallest absolute Gasteiger partial charge is 0.253 e. The van der Waals surface area contributed by atoms with Crippen LogP contribution in [0, 0.1) is 0 Å². The molecule has 1 amide bonds. The molecule has 1 aromatic rings. The quantitative estimate of drug-likeness (QED) is 0.473. The second-order valence-electron chi connectivity index (χ2n) is 4.49. The molecule has 0 fully saturated rings. The van der Waals surface area contributed by atoms with Gasteiger partial charge in [0.25, 0.3) is 5.91 Å². The number of nitrogens with two attached hydrogens (primary N) is 1. The van der Waals surface area contributed by atoms with Crippen LogP contribution in [0.4, 0.5) is 5.69 Å². The molecule has 0 aliphatic carbocycles. The third-order valence-corrected chi connectivity index (χ3v) is 2.88. The minimum atomic E-state index is 0. The lowest BCUT2D eigenvalue weighted by molar-refractivity contribution is 0.0792. The summed E-state index contributed by atoms with van der Waals surface area (Å²) >= 11 is 0. The van der Waals surface area contributed by atoms with E-state index in [0.717, 1.165) is 32.2 Å². The van der Waals surface area contributed by atoms with E-state index in [2.05, 4.69) is 6.58 Å². The van der Waals surface area contributed by atoms with E-state index >= 15 is 0 Å². The molecule has 3 nitrogen and oxygen atoms in total. The van der Waals surface area contributed by atoms with Gasteiger partial charge in [-0.15, -0.1) is 19.0 Å². The molecule has 0 unspecified atom stereocenters. The fourth-order valence-corrected chi connectivity index (χ4v) is 1.81. The maximum Gasteiger partial charge on any atom is 0.253 e. The van der Waals surface area contributed by atoms with E-state index in [9.17, 15) is 4.79 Å². The molecular formula is C15H23ClN2O. The Hall–Kier alpha value is -1.48. The van der Waals surface area contributed by atoms with Crippen molar-refractivity contribution in [2.45, 2.75) is 25.7 Å². The minimum absolute atomic E-state index is 0. The van der Waals surface area contributed by atoms with Gasteiger partial charge in [-0.1, -0.05) is 18.6 Å². The summed E-state index contributed by atoms with van der Waals surface area (Å²) < 4.78 is 0. The average Bonchev–Trinajstić information content (AvgIpc) is 2.37. The number of nitrogens with zero attached hydrogens (tertiary/aromatic N) is 1. The minimum Gasteiger partial charge on any atom is -0.399 e. The van der Waals surface area contributed by atoms with E-state index in [1.807, 2.05) is 13.1 Å². The molecule has 0 spiro atoms. The first kappa shape index (κ1) is 17.5. The summed E-state index contributed by atoms with van der Waals surface area (Å²) in [6.45, 7) is 4.48. The van der Waals surface area contributed by atoms with Crippen molar-refractivity contribution >= 4 is 24.0 Å². The van der Waals surface area contributed by atoms with Gasteiger partial charge in [0.15, 0.2) is 0 Å². The molecular weight excluding hydrogens is 260 g/mol. The highest BCUT2D eigenvalue weighted by Crippen LogP contribution is 2.10. The Morgan fingerprint density at radius 2 is 2.11 bits per heavy atom. The van der Waals surface area contributed by atoms with E-state index < -0.39 is 0 Å². The molecule has 1 rings (SSSR count). The molecule has 2 N–H and O–H groups in total. The van der Waals surface area contributed by atoms with Gasteiger partial charge in [-0.25, -0.2) is 0 Å². The van der Waals surface area contributed by atoms with Crippen LogP contribution < -0.4 is 5.73 Å². The van der Waals surface area contributed by atoms with Crippen LogP contribution in [0.25, 0.3) is 0 Å². The van der Waals surface area contributed by atoms with Gasteiger partial charge >= 0.3 is 0 Å². The fraction of sp³-hybridized carbons (Fsp3) is 0.400. The number of unbranched alkanes of at least 4 members (excludes halogenated alkanes) is 3. The number of halogens is 1. The first-order chi connectivity index (χ1) is 8.65. The normalized spacial score (nSPS) is 9.53. The van der Waals surface area contributed by atoms with Crippen LogP contribution >= 0.6 is 12.4 Å². The predicted octanol–water partition coefficient (Wildman–Crippen LogP) is 3.51. The highest BCUT2D eigenvalue weighted by atomic mass is 35.5. The van der Waals surface area contributed by atoms with E-state index in [-0.39, 0.29) is 18.3 Å². The molecule has 0 saturated carbocycles. The van der Waals surface area contributed by atoms with Crippen LogP contribution in [0.1, 0.15) is 36.0 Å². The van der Waals surface area contributed by atoms with Gasteiger partial charge < -0.3 is 10.6 Å². The second kappa shape index (κ2) is 9.45. The summed E-state index contributed by atoms with van der Waals surface area (Å²) in [5, 5.41) is 0. The second-order valence-corrected chi connectivity index (χ2v) is 4.49. The standard InChI is InChI=1S/C15H22N2O.ClH/c1-3-4-5-6-7-11-17(2)15(18)13-9-8-10-14(16)12-13;/h3,8-10,12H,1,4-7,11,16H2,2H3;1H. The zero-order valence-electron chi connectivity index (χ0n) is 11.5. The summed E-state index contributed by atoms with van der Waals surface area (Å²) in [5.74, 6) is 0.0334. The molecule has 1 aromatic carbocycles. The number of carbonyl (C=O) groups is 1. The number of hydrogen-bond acceptors (Lipinski definition) is 2. The summed E-state index contributed by atoms with van der Waals surface area (Å²) in [4.78, 5) is 13.8. The largest absolute Gasteiger partial charge is 0.399 e. The zero-order valence-corrected chi connectivity index (χ0v) is 12.3. The monoisotopic (exact) mass is 282 g/mol. The first-order valence-electron chi connectivity index (χ1n) is 6.37. The van der Waals surface area contributed by atoms with Crippen LogP contribution in [-0.4, -0.2) is 24.4 Å². The van der Waals surface area contributed by atoms with Crippen LogP contribution in [0.15, 0.2) is 36.9 Å². The lowest BCUT2D eigenvalue weighted by Gasteiger charge is -2.17. The van der Waals surface area contributed by atoms with Crippen molar-refractivity contribution < 1.29 is 4.79 Å². The summed E-state index contributed by atoms with van der Waals surface area (Å²) in [7, 11) is 1.83. The van der Waals surface area contributed by atoms with Gasteiger partial charge in [-0.05, 0) is 37.5 Å². The summed E-state index contributed by atoms with van der Waals surface area (Å²) in [5.41, 5.74) is 6.95. The Labute approximate surface area is 121 Å². The lowest BCUT2D eigenvalue weighted by Crippen LogP contribution is -2.27. The number of anilines is 1. The van der Waals surface area contributed by atoms with E-state index in [1.165, 1.54) is 0 Å². The number of allylic oxidation sites excluding steroid dienone is 1. The maximum absolute atomic E-state index is 12.1. The van der Waals surface area contributed by atoms with Gasteiger partial charge in [0.2, 0.25) is 0 Å². The fourth-order valence-electron chi connectivity index (χ4n) is 1.81. The molecule has 0 aliphatic heterocycles. The van der Waals surface area contributed by atoms with Crippen LogP contribution in [0.3, 0.4) is 0 Å². The predicted molar refractivity (Wildman–Crippen MR) is 83.7 cm³/mol. The number of nitrogen functional groups attached to an aromatic ring is 1. The van der Waals surface area contributed by atoms with Crippen molar-refractivity contribution in [2.75, 3.05) is 19.3 Å². The third kappa shape index (κ3) is 6.30. The van der Waals surface area contributed by atoms with Gasteiger partial charge in [0.05, 0.1) is 0 Å². The summed E-state index contributed by atoms with van der Waals surface area (Å²) in [6, 6.07) is 7.11. The van der Waals surface area contributed by atoms with E-state index in [4.69, 9.17) is 5.73 Å². The van der Waals surface area contributed by atoms with Gasteiger partial charge in [0.1, 0.15) is 0 Å². The Morgan fingerprint density at radius 1 is 1.37 bits per heavy atom. The molecule has 0 aromatic heterocycles. The molecule has 19 heavy (non-hydrogen) atoms. The number of rotatable bonds is 7. The highest BCUT2D eigenvalue weighted by molar-refractivity contribution is 5.94. The van der Waals surface area contributed by atoms with Crippen molar-refractivity contribution in [3.05, 3.63) is 42.5 Å². The SMILES string of the molecule is C=CCCCCCN(C)C(=O)c1cccc(N)c1.Cl. The van der Waals surface area contributed by atoms with E-state index in [1.54, 1.807) is 29.2 Å². The highest BCUT2D eigenvalue weighted by Gasteiger charge is 2.10. The lowest BCUT2D eigenvalue weighted by atomic mass is 10.1. The molecule has 106 valence electrons. The van der Waals surface area contributed by atoms with Gasteiger partial charge in [0, 0.05) is 24.8 Å². The van der Waals surface area contributed by atoms with Crippen LogP contribution in [0.2, 0.25) is 0 Å². The molecule has 0 aliphatic rings. The molecule has 4 heteroatoms. The Balaban J connectivity index is 0.00000324. The number of benzene rings is 1. The van der Waals surface area contributed by atoms with E-state index in [0.29, 0.717) is 11.3 Å². The Morgan fingerprint density at radius 3 is 2.74 bits per heavy atom. The third-order valence-electron chi connectivity index (χ3n) is 2.88. The average molecular weight is 283 g/mol. The van der Waals surface area contributed by atoms with Crippen LogP contribution in [-0.2, 0) is 0 Å². The Bertz CT molecular complexity index is 407. The Kier molecular flexibility index (Phi) is 8.71. The number of carbonyl (C=O) groups excluding carboxylic acids is 1. The number of amides is 1.